The molecule has 0 spiro atoms. The zero-order chi connectivity index (χ0) is 18.5. The van der Waals surface area contributed by atoms with Crippen LogP contribution < -0.4 is 5.32 Å². The van der Waals surface area contributed by atoms with E-state index < -0.39 is 0 Å². The molecule has 0 aromatic heterocycles. The molecule has 1 aliphatic heterocycles. The first-order chi connectivity index (χ1) is 12.5. The number of nitrogens with one attached hydrogen (secondary N) is 1. The molecular formula is C21H23FN2O2. The predicted octanol–water partition coefficient (Wildman–Crippen LogP) is 4.19. The fourth-order valence-electron chi connectivity index (χ4n) is 3.23. The molecule has 0 saturated carbocycles. The van der Waals surface area contributed by atoms with Gasteiger partial charge in [-0.05, 0) is 54.7 Å². The van der Waals surface area contributed by atoms with Crippen molar-refractivity contribution in [3.8, 4) is 0 Å². The highest BCUT2D eigenvalue weighted by atomic mass is 19.1. The zero-order valence-electron chi connectivity index (χ0n) is 14.9. The van der Waals surface area contributed by atoms with Gasteiger partial charge in [0.1, 0.15) is 5.82 Å². The molecule has 0 radical (unpaired) electrons. The quantitative estimate of drug-likeness (QED) is 0.875. The fourth-order valence-corrected chi connectivity index (χ4v) is 3.23. The number of rotatable bonds is 5. The van der Waals surface area contributed by atoms with Gasteiger partial charge in [-0.15, -0.1) is 0 Å². The highest BCUT2D eigenvalue weighted by Gasteiger charge is 2.20. The summed E-state index contributed by atoms with van der Waals surface area (Å²) in [4.78, 5) is 26.6. The smallest absolute Gasteiger partial charge is 0.253 e. The molecule has 1 aliphatic rings. The topological polar surface area (TPSA) is 49.4 Å². The van der Waals surface area contributed by atoms with Crippen LogP contribution in [0.4, 0.5) is 10.1 Å². The molecule has 26 heavy (non-hydrogen) atoms. The molecule has 5 heteroatoms. The molecule has 136 valence electrons. The number of hydrogen-bond acceptors (Lipinski definition) is 2. The van der Waals surface area contributed by atoms with Crippen molar-refractivity contribution in [2.24, 2.45) is 0 Å². The first-order valence-electron chi connectivity index (χ1n) is 8.97. The predicted molar refractivity (Wildman–Crippen MR) is 99.6 cm³/mol. The van der Waals surface area contributed by atoms with Crippen LogP contribution in [0, 0.1) is 5.82 Å². The summed E-state index contributed by atoms with van der Waals surface area (Å²) >= 11 is 0. The van der Waals surface area contributed by atoms with Crippen molar-refractivity contribution < 1.29 is 14.0 Å². The number of halogens is 1. The molecule has 0 aliphatic carbocycles. The monoisotopic (exact) mass is 354 g/mol. The minimum atomic E-state index is -0.287. The number of anilines is 1. The van der Waals surface area contributed by atoms with E-state index in [1.807, 2.05) is 11.8 Å². The standard InChI is InChI=1S/C21H23FN2O2/c1-15(16-7-9-18(22)10-8-16)13-20(25)23-19-6-4-5-17(14-19)21(26)24-11-2-3-12-24/h4-10,14-15H,2-3,11-13H2,1H3,(H,23,25). The van der Waals surface area contributed by atoms with Crippen LogP contribution in [0.1, 0.15) is 48.0 Å². The summed E-state index contributed by atoms with van der Waals surface area (Å²) in [6.07, 6.45) is 2.38. The second-order valence-corrected chi connectivity index (χ2v) is 6.79. The van der Waals surface area contributed by atoms with E-state index in [4.69, 9.17) is 0 Å². The van der Waals surface area contributed by atoms with Crippen molar-refractivity contribution in [3.63, 3.8) is 0 Å². The second kappa shape index (κ2) is 8.13. The largest absolute Gasteiger partial charge is 0.339 e. The molecule has 2 aromatic carbocycles. The number of nitrogens with zero attached hydrogens (tertiary/aromatic N) is 1. The minimum absolute atomic E-state index is 0.0123. The van der Waals surface area contributed by atoms with Crippen LogP contribution in [-0.2, 0) is 4.79 Å². The van der Waals surface area contributed by atoms with E-state index in [9.17, 15) is 14.0 Å². The molecule has 1 unspecified atom stereocenters. The summed E-state index contributed by atoms with van der Waals surface area (Å²) < 4.78 is 13.0. The zero-order valence-corrected chi connectivity index (χ0v) is 14.9. The highest BCUT2D eigenvalue weighted by molar-refractivity contribution is 5.97. The SMILES string of the molecule is CC(CC(=O)Nc1cccc(C(=O)N2CCCC2)c1)c1ccc(F)cc1. The number of hydrogen-bond donors (Lipinski definition) is 1. The Morgan fingerprint density at radius 2 is 1.81 bits per heavy atom. The van der Waals surface area contributed by atoms with E-state index in [0.29, 0.717) is 11.3 Å². The van der Waals surface area contributed by atoms with Gasteiger partial charge in [0.2, 0.25) is 5.91 Å². The normalized spacial score (nSPS) is 14.9. The maximum atomic E-state index is 13.0. The Morgan fingerprint density at radius 1 is 1.12 bits per heavy atom. The van der Waals surface area contributed by atoms with Crippen molar-refractivity contribution in [1.82, 2.24) is 4.90 Å². The van der Waals surface area contributed by atoms with E-state index in [0.717, 1.165) is 31.5 Å². The number of benzene rings is 2. The van der Waals surface area contributed by atoms with Gasteiger partial charge in [-0.3, -0.25) is 9.59 Å². The van der Waals surface area contributed by atoms with Crippen LogP contribution >= 0.6 is 0 Å². The summed E-state index contributed by atoms with van der Waals surface area (Å²) in [6, 6.07) is 13.3. The van der Waals surface area contributed by atoms with Gasteiger partial charge >= 0.3 is 0 Å². The molecule has 1 fully saturated rings. The molecule has 3 rings (SSSR count). The van der Waals surface area contributed by atoms with Crippen molar-refractivity contribution in [2.75, 3.05) is 18.4 Å². The highest BCUT2D eigenvalue weighted by Crippen LogP contribution is 2.21. The Hall–Kier alpha value is -2.69. The Morgan fingerprint density at radius 3 is 2.50 bits per heavy atom. The van der Waals surface area contributed by atoms with Crippen molar-refractivity contribution in [3.05, 3.63) is 65.5 Å². The lowest BCUT2D eigenvalue weighted by atomic mass is 9.97. The second-order valence-electron chi connectivity index (χ2n) is 6.79. The number of carbonyl (C=O) groups excluding carboxylic acids is 2. The van der Waals surface area contributed by atoms with E-state index in [1.54, 1.807) is 36.4 Å². The van der Waals surface area contributed by atoms with Gasteiger partial charge in [-0.25, -0.2) is 4.39 Å². The molecular weight excluding hydrogens is 331 g/mol. The van der Waals surface area contributed by atoms with Crippen molar-refractivity contribution in [2.45, 2.75) is 32.1 Å². The number of likely N-dealkylation sites (tertiary alicyclic amines) is 1. The molecule has 1 N–H and O–H groups in total. The van der Waals surface area contributed by atoms with Crippen LogP contribution in [0.3, 0.4) is 0 Å². The van der Waals surface area contributed by atoms with E-state index in [-0.39, 0.29) is 30.0 Å². The third-order valence-electron chi connectivity index (χ3n) is 4.72. The summed E-state index contributed by atoms with van der Waals surface area (Å²) in [7, 11) is 0. The lowest BCUT2D eigenvalue weighted by Crippen LogP contribution is -2.27. The van der Waals surface area contributed by atoms with Crippen LogP contribution in [0.5, 0.6) is 0 Å². The van der Waals surface area contributed by atoms with Crippen LogP contribution in [0.25, 0.3) is 0 Å². The Bertz CT molecular complexity index is 783. The van der Waals surface area contributed by atoms with E-state index in [1.165, 1.54) is 12.1 Å². The van der Waals surface area contributed by atoms with Gasteiger partial charge in [0.15, 0.2) is 0 Å². The summed E-state index contributed by atoms with van der Waals surface area (Å²) in [5.41, 5.74) is 2.13. The third-order valence-corrected chi connectivity index (χ3v) is 4.72. The molecule has 2 amide bonds. The molecule has 1 heterocycles. The van der Waals surface area contributed by atoms with Crippen molar-refractivity contribution >= 4 is 17.5 Å². The van der Waals surface area contributed by atoms with Crippen LogP contribution in [-0.4, -0.2) is 29.8 Å². The fraction of sp³-hybridized carbons (Fsp3) is 0.333. The lowest BCUT2D eigenvalue weighted by molar-refractivity contribution is -0.116. The Balaban J connectivity index is 1.61. The third kappa shape index (κ3) is 4.48. The summed E-state index contributed by atoms with van der Waals surface area (Å²) in [5.74, 6) is -0.430. The first kappa shape index (κ1) is 18.1. The maximum absolute atomic E-state index is 13.0. The first-order valence-corrected chi connectivity index (χ1v) is 8.97. The van der Waals surface area contributed by atoms with Gasteiger partial charge in [-0.1, -0.05) is 25.1 Å². The summed E-state index contributed by atoms with van der Waals surface area (Å²) in [6.45, 7) is 3.52. The average molecular weight is 354 g/mol. The Labute approximate surface area is 153 Å². The lowest BCUT2D eigenvalue weighted by Gasteiger charge is -2.16. The molecule has 4 nitrogen and oxygen atoms in total. The van der Waals surface area contributed by atoms with Gasteiger partial charge in [0.25, 0.3) is 5.91 Å². The van der Waals surface area contributed by atoms with Crippen LogP contribution in [0.2, 0.25) is 0 Å². The van der Waals surface area contributed by atoms with Gasteiger partial charge in [-0.2, -0.15) is 0 Å². The van der Waals surface area contributed by atoms with E-state index in [2.05, 4.69) is 5.32 Å². The molecule has 0 bridgehead atoms. The van der Waals surface area contributed by atoms with Gasteiger partial charge in [0.05, 0.1) is 0 Å². The molecule has 2 aromatic rings. The Kier molecular flexibility index (Phi) is 5.66. The minimum Gasteiger partial charge on any atom is -0.339 e. The average Bonchev–Trinajstić information content (AvgIpc) is 3.16. The summed E-state index contributed by atoms with van der Waals surface area (Å²) in [5, 5.41) is 2.86. The van der Waals surface area contributed by atoms with E-state index >= 15 is 0 Å². The van der Waals surface area contributed by atoms with Gasteiger partial charge in [0, 0.05) is 30.8 Å². The maximum Gasteiger partial charge on any atom is 0.253 e. The van der Waals surface area contributed by atoms with Gasteiger partial charge < -0.3 is 10.2 Å². The number of amides is 2. The van der Waals surface area contributed by atoms with Crippen molar-refractivity contribution in [1.29, 1.82) is 0 Å². The number of carbonyl (C=O) groups is 2. The molecule has 1 saturated heterocycles. The van der Waals surface area contributed by atoms with Crippen LogP contribution in [0.15, 0.2) is 48.5 Å². The molecule has 1 atom stereocenters.